The van der Waals surface area contributed by atoms with Gasteiger partial charge < -0.3 is 14.7 Å². The number of benzene rings is 1. The molecule has 17 heavy (non-hydrogen) atoms. The van der Waals surface area contributed by atoms with Gasteiger partial charge in [0.25, 0.3) is 0 Å². The Morgan fingerprint density at radius 3 is 2.59 bits per heavy atom. The molecule has 1 aromatic rings. The Kier molecular flexibility index (Phi) is 4.07. The van der Waals surface area contributed by atoms with Gasteiger partial charge in [0, 0.05) is 28.8 Å². The molecule has 2 atom stereocenters. The second-order valence-electron chi connectivity index (χ2n) is 4.59. The molecule has 0 spiro atoms. The van der Waals surface area contributed by atoms with Crippen LogP contribution in [0, 0.1) is 0 Å². The molecular formula is C13H18BrNO2. The van der Waals surface area contributed by atoms with E-state index in [0.717, 1.165) is 28.8 Å². The summed E-state index contributed by atoms with van der Waals surface area (Å²) >= 11 is 3.43. The Morgan fingerprint density at radius 1 is 1.35 bits per heavy atom. The number of ether oxygens (including phenoxy) is 1. The molecule has 0 radical (unpaired) electrons. The lowest BCUT2D eigenvalue weighted by Gasteiger charge is -2.37. The SMILES string of the molecule is CC1CN(c2ccc(Br)cc2CO)CC(C)O1. The lowest BCUT2D eigenvalue weighted by Crippen LogP contribution is -2.45. The van der Waals surface area contributed by atoms with Crippen molar-refractivity contribution in [2.24, 2.45) is 0 Å². The van der Waals surface area contributed by atoms with Gasteiger partial charge in [-0.25, -0.2) is 0 Å². The van der Waals surface area contributed by atoms with E-state index < -0.39 is 0 Å². The average Bonchev–Trinajstić information content (AvgIpc) is 2.27. The monoisotopic (exact) mass is 299 g/mol. The Labute approximate surface area is 111 Å². The first-order valence-electron chi connectivity index (χ1n) is 5.90. The summed E-state index contributed by atoms with van der Waals surface area (Å²) < 4.78 is 6.72. The first-order valence-corrected chi connectivity index (χ1v) is 6.69. The van der Waals surface area contributed by atoms with E-state index in [-0.39, 0.29) is 18.8 Å². The number of nitrogens with zero attached hydrogens (tertiary/aromatic N) is 1. The van der Waals surface area contributed by atoms with Crippen molar-refractivity contribution in [1.82, 2.24) is 0 Å². The summed E-state index contributed by atoms with van der Waals surface area (Å²) in [4.78, 5) is 2.29. The first-order chi connectivity index (χ1) is 8.10. The quantitative estimate of drug-likeness (QED) is 0.911. The van der Waals surface area contributed by atoms with Crippen LogP contribution < -0.4 is 4.90 Å². The van der Waals surface area contributed by atoms with Gasteiger partial charge in [-0.05, 0) is 32.0 Å². The third-order valence-corrected chi connectivity index (χ3v) is 3.47. The van der Waals surface area contributed by atoms with E-state index in [1.807, 2.05) is 12.1 Å². The number of halogens is 1. The predicted molar refractivity (Wildman–Crippen MR) is 72.3 cm³/mol. The van der Waals surface area contributed by atoms with Crippen LogP contribution in [0.25, 0.3) is 0 Å². The number of hydrogen-bond acceptors (Lipinski definition) is 3. The van der Waals surface area contributed by atoms with E-state index in [4.69, 9.17) is 4.74 Å². The van der Waals surface area contributed by atoms with Crippen molar-refractivity contribution in [2.45, 2.75) is 32.7 Å². The van der Waals surface area contributed by atoms with Crippen molar-refractivity contribution in [3.63, 3.8) is 0 Å². The fraction of sp³-hybridized carbons (Fsp3) is 0.538. The zero-order chi connectivity index (χ0) is 12.4. The minimum Gasteiger partial charge on any atom is -0.392 e. The van der Waals surface area contributed by atoms with Crippen LogP contribution in [0.1, 0.15) is 19.4 Å². The largest absolute Gasteiger partial charge is 0.392 e. The standard InChI is InChI=1S/C13H18BrNO2/c1-9-6-15(7-10(2)17-9)13-4-3-12(14)5-11(13)8-16/h3-5,9-10,16H,6-8H2,1-2H3. The van der Waals surface area contributed by atoms with E-state index in [1.54, 1.807) is 0 Å². The maximum absolute atomic E-state index is 9.43. The van der Waals surface area contributed by atoms with Crippen LogP contribution in [-0.2, 0) is 11.3 Å². The van der Waals surface area contributed by atoms with Gasteiger partial charge in [-0.3, -0.25) is 0 Å². The molecule has 0 aliphatic carbocycles. The van der Waals surface area contributed by atoms with E-state index in [9.17, 15) is 5.11 Å². The fourth-order valence-corrected chi connectivity index (χ4v) is 2.77. The lowest BCUT2D eigenvalue weighted by molar-refractivity contribution is -0.00531. The number of morpholine rings is 1. The van der Waals surface area contributed by atoms with Gasteiger partial charge in [-0.2, -0.15) is 0 Å². The van der Waals surface area contributed by atoms with Crippen LogP contribution in [-0.4, -0.2) is 30.4 Å². The molecule has 3 nitrogen and oxygen atoms in total. The molecule has 1 aliphatic rings. The third-order valence-electron chi connectivity index (χ3n) is 2.97. The van der Waals surface area contributed by atoms with E-state index in [0.29, 0.717) is 0 Å². The number of aliphatic hydroxyl groups excluding tert-OH is 1. The van der Waals surface area contributed by atoms with Crippen molar-refractivity contribution in [3.05, 3.63) is 28.2 Å². The highest BCUT2D eigenvalue weighted by Gasteiger charge is 2.23. The van der Waals surface area contributed by atoms with Gasteiger partial charge in [0.15, 0.2) is 0 Å². The second-order valence-corrected chi connectivity index (χ2v) is 5.51. The highest BCUT2D eigenvalue weighted by molar-refractivity contribution is 9.10. The maximum atomic E-state index is 9.43. The Morgan fingerprint density at radius 2 is 2.00 bits per heavy atom. The fourth-order valence-electron chi connectivity index (χ4n) is 2.36. The minimum atomic E-state index is 0.0644. The van der Waals surface area contributed by atoms with E-state index in [2.05, 4.69) is 40.7 Å². The van der Waals surface area contributed by atoms with Crippen molar-refractivity contribution in [3.8, 4) is 0 Å². The van der Waals surface area contributed by atoms with Gasteiger partial charge in [-0.15, -0.1) is 0 Å². The molecule has 1 N–H and O–H groups in total. The molecular weight excluding hydrogens is 282 g/mol. The van der Waals surface area contributed by atoms with Gasteiger partial charge in [0.1, 0.15) is 0 Å². The van der Waals surface area contributed by atoms with Crippen molar-refractivity contribution < 1.29 is 9.84 Å². The van der Waals surface area contributed by atoms with Crippen molar-refractivity contribution in [1.29, 1.82) is 0 Å². The molecule has 2 unspecified atom stereocenters. The zero-order valence-electron chi connectivity index (χ0n) is 10.2. The molecule has 0 amide bonds. The van der Waals surface area contributed by atoms with Crippen LogP contribution in [0.5, 0.6) is 0 Å². The molecule has 1 saturated heterocycles. The second kappa shape index (κ2) is 5.38. The topological polar surface area (TPSA) is 32.7 Å². The van der Waals surface area contributed by atoms with Gasteiger partial charge in [-0.1, -0.05) is 15.9 Å². The summed E-state index contributed by atoms with van der Waals surface area (Å²) in [5.41, 5.74) is 2.07. The zero-order valence-corrected chi connectivity index (χ0v) is 11.8. The molecule has 1 aromatic carbocycles. The van der Waals surface area contributed by atoms with Gasteiger partial charge >= 0.3 is 0 Å². The maximum Gasteiger partial charge on any atom is 0.0726 e. The van der Waals surface area contributed by atoms with Crippen LogP contribution in [0.15, 0.2) is 22.7 Å². The molecule has 1 aliphatic heterocycles. The highest BCUT2D eigenvalue weighted by atomic mass is 79.9. The molecule has 4 heteroatoms. The Bertz CT molecular complexity index is 387. The number of anilines is 1. The van der Waals surface area contributed by atoms with Crippen LogP contribution in [0.3, 0.4) is 0 Å². The predicted octanol–water partition coefficient (Wildman–Crippen LogP) is 2.56. The number of aliphatic hydroxyl groups is 1. The molecule has 0 saturated carbocycles. The minimum absolute atomic E-state index is 0.0644. The molecule has 94 valence electrons. The van der Waals surface area contributed by atoms with Crippen LogP contribution >= 0.6 is 15.9 Å². The van der Waals surface area contributed by atoms with Crippen LogP contribution in [0.4, 0.5) is 5.69 Å². The van der Waals surface area contributed by atoms with Gasteiger partial charge in [0.2, 0.25) is 0 Å². The molecule has 0 bridgehead atoms. The van der Waals surface area contributed by atoms with Crippen LogP contribution in [0.2, 0.25) is 0 Å². The number of hydrogen-bond donors (Lipinski definition) is 1. The normalized spacial score (nSPS) is 25.1. The van der Waals surface area contributed by atoms with Crippen molar-refractivity contribution >= 4 is 21.6 Å². The summed E-state index contributed by atoms with van der Waals surface area (Å²) in [5.74, 6) is 0. The average molecular weight is 300 g/mol. The van der Waals surface area contributed by atoms with Crippen molar-refractivity contribution in [2.75, 3.05) is 18.0 Å². The molecule has 1 fully saturated rings. The summed E-state index contributed by atoms with van der Waals surface area (Å²) in [7, 11) is 0. The summed E-state index contributed by atoms with van der Waals surface area (Å²) in [5, 5.41) is 9.43. The molecule has 1 heterocycles. The summed E-state index contributed by atoms with van der Waals surface area (Å²) in [6.45, 7) is 5.98. The third kappa shape index (κ3) is 3.00. The lowest BCUT2D eigenvalue weighted by atomic mass is 10.1. The Hall–Kier alpha value is -0.580. The number of rotatable bonds is 2. The molecule has 0 aromatic heterocycles. The summed E-state index contributed by atoms with van der Waals surface area (Å²) in [6, 6.07) is 6.04. The summed E-state index contributed by atoms with van der Waals surface area (Å²) in [6.07, 6.45) is 0.461. The molecule has 2 rings (SSSR count). The van der Waals surface area contributed by atoms with E-state index >= 15 is 0 Å². The van der Waals surface area contributed by atoms with E-state index in [1.165, 1.54) is 0 Å². The smallest absolute Gasteiger partial charge is 0.0726 e. The first kappa shape index (κ1) is 12.9. The van der Waals surface area contributed by atoms with Gasteiger partial charge in [0.05, 0.1) is 18.8 Å². The highest BCUT2D eigenvalue weighted by Crippen LogP contribution is 2.27. The Balaban J connectivity index is 2.26.